The van der Waals surface area contributed by atoms with Crippen LogP contribution >= 0.6 is 0 Å². The van der Waals surface area contributed by atoms with Gasteiger partial charge in [-0.15, -0.1) is 0 Å². The van der Waals surface area contributed by atoms with Gasteiger partial charge in [0.1, 0.15) is 12.4 Å². The van der Waals surface area contributed by atoms with Crippen LogP contribution in [0.3, 0.4) is 0 Å². The summed E-state index contributed by atoms with van der Waals surface area (Å²) in [5, 5.41) is 11.5. The summed E-state index contributed by atoms with van der Waals surface area (Å²) in [5.74, 6) is 2.67. The molecule has 0 spiro atoms. The number of rotatable bonds is 6. The van der Waals surface area contributed by atoms with Gasteiger partial charge in [-0.2, -0.15) is 5.10 Å². The second-order valence-electron chi connectivity index (χ2n) is 4.12. The van der Waals surface area contributed by atoms with E-state index >= 15 is 0 Å². The maximum Gasteiger partial charge on any atom is 0.158 e. The van der Waals surface area contributed by atoms with Crippen molar-refractivity contribution in [3.63, 3.8) is 0 Å². The molecule has 1 N–H and O–H groups in total. The van der Waals surface area contributed by atoms with Crippen molar-refractivity contribution < 1.29 is 4.52 Å². The topological polar surface area (TPSA) is 68.8 Å². The highest BCUT2D eigenvalue weighted by molar-refractivity contribution is 5.06. The van der Waals surface area contributed by atoms with E-state index in [0.29, 0.717) is 13.1 Å². The number of hydrogen-bond donors (Lipinski definition) is 1. The van der Waals surface area contributed by atoms with E-state index in [1.54, 1.807) is 0 Å². The molecule has 98 valence electrons. The fourth-order valence-electron chi connectivity index (χ4n) is 1.81. The lowest BCUT2D eigenvalue weighted by molar-refractivity contribution is 0.363. The van der Waals surface area contributed by atoms with Gasteiger partial charge in [0, 0.05) is 25.5 Å². The van der Waals surface area contributed by atoms with Crippen LogP contribution in [-0.2, 0) is 25.9 Å². The van der Waals surface area contributed by atoms with E-state index in [9.17, 15) is 0 Å². The van der Waals surface area contributed by atoms with Crippen LogP contribution in [0.25, 0.3) is 0 Å². The highest BCUT2D eigenvalue weighted by Crippen LogP contribution is 2.08. The molecule has 2 rings (SSSR count). The highest BCUT2D eigenvalue weighted by atomic mass is 16.5. The summed E-state index contributed by atoms with van der Waals surface area (Å²) in [6.07, 6.45) is 1.71. The molecule has 0 atom stereocenters. The number of nitrogens with zero attached hydrogens (tertiary/aromatic N) is 4. The molecule has 0 fully saturated rings. The third kappa shape index (κ3) is 2.76. The van der Waals surface area contributed by atoms with Crippen LogP contribution in [0.2, 0.25) is 0 Å². The summed E-state index contributed by atoms with van der Waals surface area (Å²) in [6, 6.07) is 1.95. The second kappa shape index (κ2) is 5.77. The standard InChI is InChI=1S/C12H19N5O/c1-4-11-14-12(5-2)17(15-11)8-10-6-9(7-13-3)16-18-10/h6,13H,4-5,7-8H2,1-3H3. The van der Waals surface area contributed by atoms with Crippen molar-refractivity contribution >= 4 is 0 Å². The fourth-order valence-corrected chi connectivity index (χ4v) is 1.81. The maximum absolute atomic E-state index is 5.28. The van der Waals surface area contributed by atoms with Crippen LogP contribution in [0.1, 0.15) is 37.0 Å². The van der Waals surface area contributed by atoms with Crippen molar-refractivity contribution in [3.05, 3.63) is 29.2 Å². The Morgan fingerprint density at radius 2 is 2.17 bits per heavy atom. The maximum atomic E-state index is 5.28. The average Bonchev–Trinajstić information content (AvgIpc) is 2.97. The van der Waals surface area contributed by atoms with E-state index in [1.807, 2.05) is 17.8 Å². The Bertz CT molecular complexity index is 502. The molecule has 2 aromatic rings. The van der Waals surface area contributed by atoms with Gasteiger partial charge in [0.15, 0.2) is 11.6 Å². The Labute approximate surface area is 106 Å². The number of hydrogen-bond acceptors (Lipinski definition) is 5. The SMILES string of the molecule is CCc1nc(CC)n(Cc2cc(CNC)no2)n1. The first-order valence-corrected chi connectivity index (χ1v) is 6.28. The lowest BCUT2D eigenvalue weighted by atomic mass is 10.3. The number of aryl methyl sites for hydroxylation is 2. The summed E-state index contributed by atoms with van der Waals surface area (Å²) in [5.41, 5.74) is 0.904. The molecule has 0 amide bonds. The van der Waals surface area contributed by atoms with Crippen molar-refractivity contribution in [2.45, 2.75) is 39.8 Å². The van der Waals surface area contributed by atoms with E-state index in [-0.39, 0.29) is 0 Å². The minimum absolute atomic E-state index is 0.590. The Morgan fingerprint density at radius 1 is 1.33 bits per heavy atom. The van der Waals surface area contributed by atoms with Gasteiger partial charge < -0.3 is 9.84 Å². The fraction of sp³-hybridized carbons (Fsp3) is 0.583. The van der Waals surface area contributed by atoms with Gasteiger partial charge in [0.2, 0.25) is 0 Å². The van der Waals surface area contributed by atoms with Gasteiger partial charge in [0.05, 0.1) is 5.69 Å². The van der Waals surface area contributed by atoms with Crippen molar-refractivity contribution in [3.8, 4) is 0 Å². The quantitative estimate of drug-likeness (QED) is 0.832. The lowest BCUT2D eigenvalue weighted by Gasteiger charge is -1.99. The highest BCUT2D eigenvalue weighted by Gasteiger charge is 2.10. The Balaban J connectivity index is 2.14. The molecule has 0 aliphatic carbocycles. The molecule has 0 saturated heterocycles. The average molecular weight is 249 g/mol. The van der Waals surface area contributed by atoms with Crippen molar-refractivity contribution in [2.75, 3.05) is 7.05 Å². The summed E-state index contributed by atoms with van der Waals surface area (Å²) < 4.78 is 7.18. The van der Waals surface area contributed by atoms with E-state index < -0.39 is 0 Å². The summed E-state index contributed by atoms with van der Waals surface area (Å²) >= 11 is 0. The van der Waals surface area contributed by atoms with Crippen LogP contribution in [0.5, 0.6) is 0 Å². The Hall–Kier alpha value is -1.69. The molecule has 0 radical (unpaired) electrons. The zero-order valence-corrected chi connectivity index (χ0v) is 11.1. The monoisotopic (exact) mass is 249 g/mol. The van der Waals surface area contributed by atoms with Crippen LogP contribution in [0.4, 0.5) is 0 Å². The largest absolute Gasteiger partial charge is 0.359 e. The Kier molecular flexibility index (Phi) is 4.09. The van der Waals surface area contributed by atoms with Gasteiger partial charge in [-0.05, 0) is 7.05 Å². The van der Waals surface area contributed by atoms with Crippen LogP contribution in [0.15, 0.2) is 10.6 Å². The molecule has 2 heterocycles. The molecular weight excluding hydrogens is 230 g/mol. The predicted molar refractivity (Wildman–Crippen MR) is 67.1 cm³/mol. The molecule has 0 aliphatic rings. The minimum Gasteiger partial charge on any atom is -0.359 e. The molecule has 0 unspecified atom stereocenters. The first-order valence-electron chi connectivity index (χ1n) is 6.28. The molecule has 0 saturated carbocycles. The second-order valence-corrected chi connectivity index (χ2v) is 4.12. The van der Waals surface area contributed by atoms with Gasteiger partial charge in [0.25, 0.3) is 0 Å². The summed E-state index contributed by atoms with van der Waals surface area (Å²) in [7, 11) is 1.88. The van der Waals surface area contributed by atoms with Gasteiger partial charge in [-0.25, -0.2) is 9.67 Å². The van der Waals surface area contributed by atoms with E-state index in [4.69, 9.17) is 4.52 Å². The normalized spacial score (nSPS) is 11.1. The van der Waals surface area contributed by atoms with E-state index in [2.05, 4.69) is 34.4 Å². The molecule has 0 aliphatic heterocycles. The molecule has 0 aromatic carbocycles. The first kappa shape index (κ1) is 12.8. The number of nitrogens with one attached hydrogen (secondary N) is 1. The molecule has 6 heteroatoms. The van der Waals surface area contributed by atoms with E-state index in [1.165, 1.54) is 0 Å². The zero-order valence-electron chi connectivity index (χ0n) is 11.1. The van der Waals surface area contributed by atoms with Gasteiger partial charge in [-0.3, -0.25) is 0 Å². The minimum atomic E-state index is 0.590. The van der Waals surface area contributed by atoms with Gasteiger partial charge >= 0.3 is 0 Å². The van der Waals surface area contributed by atoms with Crippen molar-refractivity contribution in [2.24, 2.45) is 0 Å². The molecule has 18 heavy (non-hydrogen) atoms. The molecule has 0 bridgehead atoms. The summed E-state index contributed by atoms with van der Waals surface area (Å²) in [6.45, 7) is 5.43. The Morgan fingerprint density at radius 3 is 2.83 bits per heavy atom. The van der Waals surface area contributed by atoms with Crippen LogP contribution in [0, 0.1) is 0 Å². The zero-order chi connectivity index (χ0) is 13.0. The van der Waals surface area contributed by atoms with Crippen LogP contribution < -0.4 is 5.32 Å². The smallest absolute Gasteiger partial charge is 0.158 e. The molecule has 2 aromatic heterocycles. The number of aromatic nitrogens is 4. The molecule has 6 nitrogen and oxygen atoms in total. The summed E-state index contributed by atoms with van der Waals surface area (Å²) in [4.78, 5) is 4.46. The van der Waals surface area contributed by atoms with Gasteiger partial charge in [-0.1, -0.05) is 19.0 Å². The third-order valence-electron chi connectivity index (χ3n) is 2.70. The predicted octanol–water partition coefficient (Wildman–Crippen LogP) is 1.16. The lowest BCUT2D eigenvalue weighted by Crippen LogP contribution is -2.06. The van der Waals surface area contributed by atoms with Crippen LogP contribution in [-0.4, -0.2) is 27.0 Å². The molecular formula is C12H19N5O. The van der Waals surface area contributed by atoms with Crippen molar-refractivity contribution in [1.29, 1.82) is 0 Å². The first-order chi connectivity index (χ1) is 8.76. The van der Waals surface area contributed by atoms with Crippen molar-refractivity contribution in [1.82, 2.24) is 25.2 Å². The van der Waals surface area contributed by atoms with E-state index in [0.717, 1.165) is 35.9 Å². The third-order valence-corrected chi connectivity index (χ3v) is 2.70.